The number of carbonyl (C=O) groups is 1. The number of nitrogens with two attached hydrogens (primary N) is 1. The molecule has 0 fully saturated rings. The van der Waals surface area contributed by atoms with Gasteiger partial charge in [-0.25, -0.2) is 4.98 Å². The first-order valence-corrected chi connectivity index (χ1v) is 4.68. The van der Waals surface area contributed by atoms with Gasteiger partial charge in [0.05, 0.1) is 6.61 Å². The monoisotopic (exact) mass is 229 g/mol. The predicted octanol–water partition coefficient (Wildman–Crippen LogP) is 0.647. The second-order valence-electron chi connectivity index (χ2n) is 2.91. The van der Waals surface area contributed by atoms with Crippen molar-refractivity contribution in [2.75, 3.05) is 19.0 Å². The van der Waals surface area contributed by atoms with Crippen LogP contribution in [0.4, 0.5) is 5.82 Å². The van der Waals surface area contributed by atoms with Gasteiger partial charge in [-0.15, -0.1) is 0 Å². The van der Waals surface area contributed by atoms with E-state index in [4.69, 9.17) is 22.1 Å². The Hall–Kier alpha value is -1.17. The van der Waals surface area contributed by atoms with E-state index >= 15 is 0 Å². The molecule has 82 valence electrons. The molecule has 15 heavy (non-hydrogen) atoms. The summed E-state index contributed by atoms with van der Waals surface area (Å²) in [5, 5.41) is 3.03. The standard InChI is InChI=1S/C9H12ClN3O2/c1-15-5-7(11)9(14)13-8-4-6(10)2-3-12-8/h2-4,7H,5,11H2,1H3,(H,12,13,14). The number of pyridine rings is 1. The molecule has 0 radical (unpaired) electrons. The number of methoxy groups -OCH3 is 1. The zero-order valence-electron chi connectivity index (χ0n) is 8.24. The minimum Gasteiger partial charge on any atom is -0.383 e. The van der Waals surface area contributed by atoms with Crippen LogP contribution in [0.3, 0.4) is 0 Å². The van der Waals surface area contributed by atoms with Gasteiger partial charge in [0.15, 0.2) is 0 Å². The molecule has 1 heterocycles. The highest BCUT2D eigenvalue weighted by molar-refractivity contribution is 6.30. The molecule has 1 atom stereocenters. The van der Waals surface area contributed by atoms with Crippen molar-refractivity contribution in [2.24, 2.45) is 5.73 Å². The third kappa shape index (κ3) is 3.83. The number of nitrogens with zero attached hydrogens (tertiary/aromatic N) is 1. The minimum absolute atomic E-state index is 0.159. The highest BCUT2D eigenvalue weighted by atomic mass is 35.5. The minimum atomic E-state index is -0.712. The number of carbonyl (C=O) groups excluding carboxylic acids is 1. The van der Waals surface area contributed by atoms with Gasteiger partial charge < -0.3 is 15.8 Å². The van der Waals surface area contributed by atoms with Crippen LogP contribution < -0.4 is 11.1 Å². The van der Waals surface area contributed by atoms with Crippen LogP contribution >= 0.6 is 11.6 Å². The molecule has 0 saturated carbocycles. The topological polar surface area (TPSA) is 77.2 Å². The van der Waals surface area contributed by atoms with E-state index in [1.165, 1.54) is 13.3 Å². The predicted molar refractivity (Wildman–Crippen MR) is 57.7 cm³/mol. The van der Waals surface area contributed by atoms with Crippen molar-refractivity contribution >= 4 is 23.3 Å². The van der Waals surface area contributed by atoms with Gasteiger partial charge in [0.25, 0.3) is 0 Å². The van der Waals surface area contributed by atoms with Gasteiger partial charge in [-0.05, 0) is 12.1 Å². The van der Waals surface area contributed by atoms with E-state index in [1.807, 2.05) is 0 Å². The molecule has 0 aliphatic heterocycles. The highest BCUT2D eigenvalue weighted by Crippen LogP contribution is 2.11. The van der Waals surface area contributed by atoms with Gasteiger partial charge >= 0.3 is 0 Å². The van der Waals surface area contributed by atoms with Crippen molar-refractivity contribution in [3.8, 4) is 0 Å². The van der Waals surface area contributed by atoms with E-state index in [0.717, 1.165) is 0 Å². The Morgan fingerprint density at radius 2 is 2.53 bits per heavy atom. The lowest BCUT2D eigenvalue weighted by Gasteiger charge is -2.10. The van der Waals surface area contributed by atoms with Crippen molar-refractivity contribution in [1.82, 2.24) is 4.98 Å². The largest absolute Gasteiger partial charge is 0.383 e. The second kappa shape index (κ2) is 5.65. The van der Waals surface area contributed by atoms with E-state index in [9.17, 15) is 4.79 Å². The third-order valence-electron chi connectivity index (χ3n) is 1.66. The third-order valence-corrected chi connectivity index (χ3v) is 1.89. The number of hydrogen-bond acceptors (Lipinski definition) is 4. The van der Waals surface area contributed by atoms with Crippen LogP contribution in [0.1, 0.15) is 0 Å². The Bertz CT molecular complexity index is 346. The molecule has 1 rings (SSSR count). The maximum Gasteiger partial charge on any atom is 0.244 e. The average Bonchev–Trinajstić information content (AvgIpc) is 2.18. The SMILES string of the molecule is COCC(N)C(=O)Nc1cc(Cl)ccn1. The summed E-state index contributed by atoms with van der Waals surface area (Å²) < 4.78 is 4.75. The van der Waals surface area contributed by atoms with Crippen molar-refractivity contribution in [3.05, 3.63) is 23.4 Å². The van der Waals surface area contributed by atoms with Crippen molar-refractivity contribution in [3.63, 3.8) is 0 Å². The molecule has 1 aromatic heterocycles. The summed E-state index contributed by atoms with van der Waals surface area (Å²) in [5.41, 5.74) is 5.52. The molecular weight excluding hydrogens is 218 g/mol. The number of ether oxygens (including phenoxy) is 1. The molecule has 0 saturated heterocycles. The summed E-state index contributed by atoms with van der Waals surface area (Å²) in [7, 11) is 1.48. The Balaban J connectivity index is 2.58. The van der Waals surface area contributed by atoms with Gasteiger partial charge in [0.1, 0.15) is 11.9 Å². The van der Waals surface area contributed by atoms with Crippen molar-refractivity contribution in [1.29, 1.82) is 0 Å². The molecule has 1 unspecified atom stereocenters. The molecule has 0 aliphatic rings. The number of amides is 1. The van der Waals surface area contributed by atoms with Gasteiger partial charge in [0, 0.05) is 18.3 Å². The van der Waals surface area contributed by atoms with Crippen LogP contribution in [0.5, 0.6) is 0 Å². The molecule has 0 aromatic carbocycles. The van der Waals surface area contributed by atoms with Crippen LogP contribution in [-0.2, 0) is 9.53 Å². The van der Waals surface area contributed by atoms with Crippen LogP contribution in [0, 0.1) is 0 Å². The van der Waals surface area contributed by atoms with Gasteiger partial charge in [-0.2, -0.15) is 0 Å². The number of aromatic nitrogens is 1. The summed E-state index contributed by atoms with van der Waals surface area (Å²) >= 11 is 5.72. The zero-order chi connectivity index (χ0) is 11.3. The van der Waals surface area contributed by atoms with E-state index in [2.05, 4.69) is 10.3 Å². The first-order chi connectivity index (χ1) is 7.13. The molecule has 1 amide bonds. The lowest BCUT2D eigenvalue weighted by atomic mass is 10.3. The maximum atomic E-state index is 11.4. The first kappa shape index (κ1) is 11.9. The van der Waals surface area contributed by atoms with E-state index in [-0.39, 0.29) is 12.5 Å². The fraction of sp³-hybridized carbons (Fsp3) is 0.333. The van der Waals surface area contributed by atoms with Crippen molar-refractivity contribution in [2.45, 2.75) is 6.04 Å². The molecule has 6 heteroatoms. The Labute approximate surface area is 92.6 Å². The number of nitrogens with one attached hydrogen (secondary N) is 1. The maximum absolute atomic E-state index is 11.4. The first-order valence-electron chi connectivity index (χ1n) is 4.30. The van der Waals surface area contributed by atoms with Gasteiger partial charge in [0.2, 0.25) is 5.91 Å². The number of rotatable bonds is 4. The van der Waals surface area contributed by atoms with Crippen LogP contribution in [0.2, 0.25) is 5.02 Å². The molecule has 5 nitrogen and oxygen atoms in total. The lowest BCUT2D eigenvalue weighted by molar-refractivity contribution is -0.118. The van der Waals surface area contributed by atoms with Gasteiger partial charge in [-0.1, -0.05) is 11.6 Å². The lowest BCUT2D eigenvalue weighted by Crippen LogP contribution is -2.39. The zero-order valence-corrected chi connectivity index (χ0v) is 8.99. The number of hydrogen-bond donors (Lipinski definition) is 2. The Morgan fingerprint density at radius 3 is 3.13 bits per heavy atom. The Morgan fingerprint density at radius 1 is 1.80 bits per heavy atom. The summed E-state index contributed by atoms with van der Waals surface area (Å²) in [6, 6.07) is 2.45. The fourth-order valence-electron chi connectivity index (χ4n) is 0.947. The molecule has 3 N–H and O–H groups in total. The summed E-state index contributed by atoms with van der Waals surface area (Å²) in [5.74, 6) is 0.0191. The normalized spacial score (nSPS) is 12.2. The average molecular weight is 230 g/mol. The van der Waals surface area contributed by atoms with E-state index in [1.54, 1.807) is 12.1 Å². The molecular formula is C9H12ClN3O2. The summed E-state index contributed by atoms with van der Waals surface area (Å²) in [6.45, 7) is 0.159. The van der Waals surface area contributed by atoms with Crippen LogP contribution in [-0.4, -0.2) is 30.6 Å². The highest BCUT2D eigenvalue weighted by Gasteiger charge is 2.13. The molecule has 0 aliphatic carbocycles. The Kier molecular flexibility index (Phi) is 4.48. The fourth-order valence-corrected chi connectivity index (χ4v) is 1.11. The summed E-state index contributed by atoms with van der Waals surface area (Å²) in [4.78, 5) is 15.3. The number of halogens is 1. The second-order valence-corrected chi connectivity index (χ2v) is 3.35. The smallest absolute Gasteiger partial charge is 0.244 e. The molecule has 0 spiro atoms. The van der Waals surface area contributed by atoms with E-state index in [0.29, 0.717) is 10.8 Å². The molecule has 0 bridgehead atoms. The summed E-state index contributed by atoms with van der Waals surface area (Å²) in [6.07, 6.45) is 1.50. The van der Waals surface area contributed by atoms with E-state index < -0.39 is 6.04 Å². The van der Waals surface area contributed by atoms with Crippen LogP contribution in [0.25, 0.3) is 0 Å². The van der Waals surface area contributed by atoms with Crippen molar-refractivity contribution < 1.29 is 9.53 Å². The number of anilines is 1. The van der Waals surface area contributed by atoms with Gasteiger partial charge in [-0.3, -0.25) is 4.79 Å². The quantitative estimate of drug-likeness (QED) is 0.795. The molecule has 1 aromatic rings. The van der Waals surface area contributed by atoms with Crippen LogP contribution in [0.15, 0.2) is 18.3 Å².